The lowest BCUT2D eigenvalue weighted by Crippen LogP contribution is -2.06. The van der Waals surface area contributed by atoms with Crippen LogP contribution in [0.25, 0.3) is 0 Å². The van der Waals surface area contributed by atoms with Crippen LogP contribution in [0.5, 0.6) is 5.75 Å². The Balaban J connectivity index is 1.94. The highest BCUT2D eigenvalue weighted by atomic mass is 79.9. The maximum Gasteiger partial charge on any atom is 0.149 e. The number of anilines is 1. The minimum Gasteiger partial charge on any atom is -0.497 e. The topological polar surface area (TPSA) is 21.3 Å². The summed E-state index contributed by atoms with van der Waals surface area (Å²) in [4.78, 5) is 0. The van der Waals surface area contributed by atoms with E-state index in [-0.39, 0.29) is 10.2 Å². The van der Waals surface area contributed by atoms with Gasteiger partial charge in [-0.05, 0) is 46.1 Å². The molecule has 2 nitrogen and oxygen atoms in total. The summed E-state index contributed by atoms with van der Waals surface area (Å²) in [6.45, 7) is 0.557. The van der Waals surface area contributed by atoms with Crippen molar-refractivity contribution in [2.24, 2.45) is 0 Å². The van der Waals surface area contributed by atoms with E-state index in [0.717, 1.165) is 23.8 Å². The molecule has 0 fully saturated rings. The Hall–Kier alpha value is -1.62. The van der Waals surface area contributed by atoms with Gasteiger partial charge in [-0.15, -0.1) is 0 Å². The third-order valence-electron chi connectivity index (χ3n) is 2.90. The molecule has 1 N–H and O–H groups in total. The fraction of sp³-hybridized carbons (Fsp3) is 0.200. The van der Waals surface area contributed by atoms with Crippen molar-refractivity contribution >= 4 is 21.6 Å². The van der Waals surface area contributed by atoms with Crippen molar-refractivity contribution in [1.29, 1.82) is 0 Å². The lowest BCUT2D eigenvalue weighted by molar-refractivity contribution is 0.414. The van der Waals surface area contributed by atoms with Gasteiger partial charge in [-0.3, -0.25) is 0 Å². The monoisotopic (exact) mass is 341 g/mol. The zero-order chi connectivity index (χ0) is 14.5. The first kappa shape index (κ1) is 14.8. The average Bonchev–Trinajstić information content (AvgIpc) is 2.45. The van der Waals surface area contributed by atoms with Crippen LogP contribution in [0.15, 0.2) is 40.9 Å². The largest absolute Gasteiger partial charge is 0.497 e. The van der Waals surface area contributed by atoms with Gasteiger partial charge in [-0.25, -0.2) is 8.78 Å². The second-order valence-corrected chi connectivity index (χ2v) is 5.13. The molecular formula is C15H14BrF2NO. The minimum atomic E-state index is -0.608. The van der Waals surface area contributed by atoms with Crippen molar-refractivity contribution in [2.45, 2.75) is 6.42 Å². The third kappa shape index (κ3) is 3.70. The lowest BCUT2D eigenvalue weighted by atomic mass is 10.1. The maximum atomic E-state index is 13.5. The summed E-state index contributed by atoms with van der Waals surface area (Å²) >= 11 is 3.04. The molecule has 2 rings (SSSR count). The van der Waals surface area contributed by atoms with Crippen LogP contribution in [-0.2, 0) is 6.42 Å². The van der Waals surface area contributed by atoms with Crippen LogP contribution in [0.1, 0.15) is 5.56 Å². The molecule has 0 amide bonds. The van der Waals surface area contributed by atoms with E-state index in [1.165, 1.54) is 6.07 Å². The van der Waals surface area contributed by atoms with Gasteiger partial charge < -0.3 is 10.1 Å². The van der Waals surface area contributed by atoms with Gasteiger partial charge in [-0.1, -0.05) is 12.1 Å². The average molecular weight is 342 g/mol. The number of halogens is 3. The molecule has 0 bridgehead atoms. The van der Waals surface area contributed by atoms with Gasteiger partial charge in [0.1, 0.15) is 17.4 Å². The lowest BCUT2D eigenvalue weighted by Gasteiger charge is -2.09. The van der Waals surface area contributed by atoms with Gasteiger partial charge in [0.15, 0.2) is 0 Å². The number of hydrogen-bond donors (Lipinski definition) is 1. The highest BCUT2D eigenvalue weighted by Gasteiger charge is 2.07. The van der Waals surface area contributed by atoms with Gasteiger partial charge in [-0.2, -0.15) is 0 Å². The van der Waals surface area contributed by atoms with Crippen molar-refractivity contribution in [3.63, 3.8) is 0 Å². The number of hydrogen-bond acceptors (Lipinski definition) is 2. The van der Waals surface area contributed by atoms with Gasteiger partial charge in [0.05, 0.1) is 17.3 Å². The molecule has 20 heavy (non-hydrogen) atoms. The predicted molar refractivity (Wildman–Crippen MR) is 79.2 cm³/mol. The number of ether oxygens (including phenoxy) is 1. The first-order valence-electron chi connectivity index (χ1n) is 6.11. The fourth-order valence-corrected chi connectivity index (χ4v) is 2.14. The molecule has 0 saturated heterocycles. The van der Waals surface area contributed by atoms with E-state index in [9.17, 15) is 8.78 Å². The van der Waals surface area contributed by atoms with E-state index in [0.29, 0.717) is 6.54 Å². The third-order valence-corrected chi connectivity index (χ3v) is 3.51. The summed E-state index contributed by atoms with van der Waals surface area (Å²) in [5.74, 6) is -0.404. The van der Waals surface area contributed by atoms with Crippen LogP contribution >= 0.6 is 15.9 Å². The quantitative estimate of drug-likeness (QED) is 0.814. The molecule has 0 unspecified atom stereocenters. The predicted octanol–water partition coefficient (Wildman–Crippen LogP) is 4.39. The van der Waals surface area contributed by atoms with Crippen molar-refractivity contribution in [3.8, 4) is 5.75 Å². The molecule has 5 heteroatoms. The minimum absolute atomic E-state index is 0.242. The SMILES string of the molecule is COc1ccc(CCNc2cc(Br)c(F)cc2F)cc1. The molecule has 0 spiro atoms. The summed E-state index contributed by atoms with van der Waals surface area (Å²) < 4.78 is 31.9. The van der Waals surface area contributed by atoms with Crippen LogP contribution in [0, 0.1) is 11.6 Å². The molecule has 0 aliphatic heterocycles. The molecule has 2 aromatic carbocycles. The Bertz CT molecular complexity index is 587. The highest BCUT2D eigenvalue weighted by Crippen LogP contribution is 2.23. The normalized spacial score (nSPS) is 10.4. The van der Waals surface area contributed by atoms with Gasteiger partial charge >= 0.3 is 0 Å². The fourth-order valence-electron chi connectivity index (χ4n) is 1.79. The first-order chi connectivity index (χ1) is 9.60. The van der Waals surface area contributed by atoms with Crippen molar-refractivity contribution in [2.75, 3.05) is 19.0 Å². The number of rotatable bonds is 5. The summed E-state index contributed by atoms with van der Waals surface area (Å²) in [5.41, 5.74) is 1.40. The molecule has 0 radical (unpaired) electrons. The van der Waals surface area contributed by atoms with E-state index >= 15 is 0 Å². The van der Waals surface area contributed by atoms with Gasteiger partial charge in [0, 0.05) is 12.6 Å². The van der Waals surface area contributed by atoms with E-state index in [1.807, 2.05) is 24.3 Å². The van der Waals surface area contributed by atoms with Crippen LogP contribution in [0.3, 0.4) is 0 Å². The molecular weight excluding hydrogens is 328 g/mol. The Morgan fingerprint density at radius 2 is 1.80 bits per heavy atom. The van der Waals surface area contributed by atoms with Gasteiger partial charge in [0.2, 0.25) is 0 Å². The van der Waals surface area contributed by atoms with E-state index in [1.54, 1.807) is 7.11 Å². The number of methoxy groups -OCH3 is 1. The first-order valence-corrected chi connectivity index (χ1v) is 6.91. The smallest absolute Gasteiger partial charge is 0.149 e. The molecule has 106 valence electrons. The van der Waals surface area contributed by atoms with E-state index < -0.39 is 11.6 Å². The van der Waals surface area contributed by atoms with Crippen molar-refractivity contribution in [1.82, 2.24) is 0 Å². The Morgan fingerprint density at radius 1 is 1.10 bits per heavy atom. The number of nitrogens with one attached hydrogen (secondary N) is 1. The van der Waals surface area contributed by atoms with Crippen molar-refractivity contribution in [3.05, 3.63) is 58.1 Å². The van der Waals surface area contributed by atoms with E-state index in [2.05, 4.69) is 21.2 Å². The van der Waals surface area contributed by atoms with Crippen LogP contribution in [-0.4, -0.2) is 13.7 Å². The molecule has 0 heterocycles. The summed E-state index contributed by atoms with van der Waals surface area (Å²) in [5, 5.41) is 2.96. The van der Waals surface area contributed by atoms with E-state index in [4.69, 9.17) is 4.74 Å². The summed E-state index contributed by atoms with van der Waals surface area (Å²) in [7, 11) is 1.62. The second kappa shape index (κ2) is 6.70. The second-order valence-electron chi connectivity index (χ2n) is 4.27. The summed E-state index contributed by atoms with van der Waals surface area (Å²) in [6.07, 6.45) is 0.735. The Kier molecular flexibility index (Phi) is 4.95. The maximum absolute atomic E-state index is 13.5. The molecule has 0 aliphatic rings. The molecule has 0 atom stereocenters. The zero-order valence-electron chi connectivity index (χ0n) is 10.9. The van der Waals surface area contributed by atoms with Crippen molar-refractivity contribution < 1.29 is 13.5 Å². The number of benzene rings is 2. The van der Waals surface area contributed by atoms with Crippen LogP contribution < -0.4 is 10.1 Å². The molecule has 0 aromatic heterocycles. The summed E-state index contributed by atoms with van der Waals surface area (Å²) in [6, 6.07) is 9.93. The molecule has 0 aliphatic carbocycles. The molecule has 2 aromatic rings. The van der Waals surface area contributed by atoms with Crippen LogP contribution in [0.4, 0.5) is 14.5 Å². The standard InChI is InChI=1S/C15H14BrF2NO/c1-20-11-4-2-10(3-5-11)6-7-19-15-8-12(16)13(17)9-14(15)18/h2-5,8-9,19H,6-7H2,1H3. The Morgan fingerprint density at radius 3 is 2.45 bits per heavy atom. The molecule has 0 saturated carbocycles. The van der Waals surface area contributed by atoms with Gasteiger partial charge in [0.25, 0.3) is 0 Å². The van der Waals surface area contributed by atoms with Crippen LogP contribution in [0.2, 0.25) is 0 Å². The zero-order valence-corrected chi connectivity index (χ0v) is 12.5. The highest BCUT2D eigenvalue weighted by molar-refractivity contribution is 9.10. The Labute approximate surface area is 124 Å².